The highest BCUT2D eigenvalue weighted by Crippen LogP contribution is 2.16. The van der Waals surface area contributed by atoms with Crippen LogP contribution in [0.5, 0.6) is 0 Å². The summed E-state index contributed by atoms with van der Waals surface area (Å²) in [5, 5.41) is 11.6. The molecule has 0 fully saturated rings. The van der Waals surface area contributed by atoms with Crippen LogP contribution < -0.4 is 5.32 Å². The van der Waals surface area contributed by atoms with Crippen molar-refractivity contribution in [2.45, 2.75) is 25.5 Å². The highest BCUT2D eigenvalue weighted by atomic mass is 19.2. The second kappa shape index (κ2) is 9.08. The van der Waals surface area contributed by atoms with Crippen molar-refractivity contribution in [1.82, 2.24) is 5.32 Å². The summed E-state index contributed by atoms with van der Waals surface area (Å²) < 4.78 is 45.0. The lowest BCUT2D eigenvalue weighted by atomic mass is 10.0. The molecule has 0 saturated carbocycles. The van der Waals surface area contributed by atoms with Crippen molar-refractivity contribution in [3.8, 4) is 0 Å². The molecule has 0 heterocycles. The molecule has 2 rings (SSSR count). The minimum absolute atomic E-state index is 0.0536. The lowest BCUT2D eigenvalue weighted by Crippen LogP contribution is -2.37. The van der Waals surface area contributed by atoms with E-state index in [0.29, 0.717) is 6.07 Å². The van der Waals surface area contributed by atoms with Crippen molar-refractivity contribution in [3.05, 3.63) is 71.0 Å². The molecule has 2 aromatic carbocycles. The van der Waals surface area contributed by atoms with Gasteiger partial charge in [-0.25, -0.2) is 18.0 Å². The van der Waals surface area contributed by atoms with E-state index in [1.165, 1.54) is 0 Å². The molecule has 0 aliphatic rings. The number of halogens is 3. The van der Waals surface area contributed by atoms with E-state index in [9.17, 15) is 18.0 Å². The molecule has 2 aromatic rings. The number of aliphatic hydroxyl groups excluding tert-OH is 1. The van der Waals surface area contributed by atoms with Gasteiger partial charge in [-0.2, -0.15) is 0 Å². The van der Waals surface area contributed by atoms with E-state index < -0.39 is 29.6 Å². The molecule has 0 spiro atoms. The number of alkyl carbamates (subject to hydrolysis) is 1. The first-order valence-electron chi connectivity index (χ1n) is 7.71. The molecule has 0 bridgehead atoms. The van der Waals surface area contributed by atoms with Crippen molar-refractivity contribution in [2.75, 3.05) is 6.61 Å². The van der Waals surface area contributed by atoms with E-state index in [4.69, 9.17) is 9.84 Å². The lowest BCUT2D eigenvalue weighted by Gasteiger charge is -2.18. The normalized spacial score (nSPS) is 11.8. The summed E-state index contributed by atoms with van der Waals surface area (Å²) in [5.41, 5.74) is 0.698. The molecule has 0 aliphatic heterocycles. The summed E-state index contributed by atoms with van der Waals surface area (Å²) in [7, 11) is 0. The highest BCUT2D eigenvalue weighted by molar-refractivity contribution is 5.67. The highest BCUT2D eigenvalue weighted by Gasteiger charge is 2.18. The lowest BCUT2D eigenvalue weighted by molar-refractivity contribution is 0.133. The third-order valence-corrected chi connectivity index (χ3v) is 3.57. The summed E-state index contributed by atoms with van der Waals surface area (Å²) >= 11 is 0. The van der Waals surface area contributed by atoms with Crippen LogP contribution in [0.15, 0.2) is 42.5 Å². The number of carbonyl (C=O) groups excluding carboxylic acids is 1. The fourth-order valence-corrected chi connectivity index (χ4v) is 2.30. The third-order valence-electron chi connectivity index (χ3n) is 3.57. The first-order valence-corrected chi connectivity index (χ1v) is 7.71. The average molecular weight is 353 g/mol. The molecular weight excluding hydrogens is 335 g/mol. The average Bonchev–Trinajstić information content (AvgIpc) is 2.59. The molecule has 0 unspecified atom stereocenters. The van der Waals surface area contributed by atoms with Gasteiger partial charge in [-0.3, -0.25) is 0 Å². The van der Waals surface area contributed by atoms with Gasteiger partial charge in [-0.15, -0.1) is 0 Å². The SMILES string of the molecule is O=C(N[C@@H](CCO)Cc1cc(F)c(F)cc1F)OCc1ccccc1. The van der Waals surface area contributed by atoms with Crippen LogP contribution in [0, 0.1) is 17.5 Å². The van der Waals surface area contributed by atoms with Gasteiger partial charge in [0.2, 0.25) is 0 Å². The maximum Gasteiger partial charge on any atom is 0.407 e. The van der Waals surface area contributed by atoms with Gasteiger partial charge in [0.15, 0.2) is 11.6 Å². The number of ether oxygens (including phenoxy) is 1. The smallest absolute Gasteiger partial charge is 0.407 e. The van der Waals surface area contributed by atoms with Gasteiger partial charge in [0.1, 0.15) is 12.4 Å². The largest absolute Gasteiger partial charge is 0.445 e. The zero-order valence-corrected chi connectivity index (χ0v) is 13.3. The molecule has 25 heavy (non-hydrogen) atoms. The summed E-state index contributed by atoms with van der Waals surface area (Å²) in [4.78, 5) is 11.9. The molecule has 0 radical (unpaired) electrons. The topological polar surface area (TPSA) is 58.6 Å². The van der Waals surface area contributed by atoms with Gasteiger partial charge in [-0.1, -0.05) is 30.3 Å². The zero-order chi connectivity index (χ0) is 18.2. The Morgan fingerprint density at radius 1 is 1.08 bits per heavy atom. The van der Waals surface area contributed by atoms with E-state index in [1.54, 1.807) is 24.3 Å². The van der Waals surface area contributed by atoms with E-state index >= 15 is 0 Å². The molecule has 0 aromatic heterocycles. The van der Waals surface area contributed by atoms with Gasteiger partial charge in [0, 0.05) is 18.7 Å². The van der Waals surface area contributed by atoms with Crippen LogP contribution in [0.4, 0.5) is 18.0 Å². The van der Waals surface area contributed by atoms with Gasteiger partial charge >= 0.3 is 6.09 Å². The Bertz CT molecular complexity index is 710. The van der Waals surface area contributed by atoms with Crippen LogP contribution in [-0.4, -0.2) is 23.8 Å². The maximum atomic E-state index is 13.7. The maximum absolute atomic E-state index is 13.7. The first-order chi connectivity index (χ1) is 12.0. The Balaban J connectivity index is 1.96. The standard InChI is InChI=1S/C18H18F3NO3/c19-15-10-17(21)16(20)9-13(15)8-14(6-7-23)22-18(24)25-11-12-4-2-1-3-5-12/h1-5,9-10,14,23H,6-8,11H2,(H,22,24)/t14-/m0/s1. The van der Waals surface area contributed by atoms with Crippen LogP contribution in [0.25, 0.3) is 0 Å². The number of rotatable bonds is 7. The Labute approximate surface area is 143 Å². The van der Waals surface area contributed by atoms with Crippen LogP contribution >= 0.6 is 0 Å². The summed E-state index contributed by atoms with van der Waals surface area (Å²) in [5.74, 6) is -3.37. The Kier molecular flexibility index (Phi) is 6.82. The molecule has 2 N–H and O–H groups in total. The molecule has 134 valence electrons. The van der Waals surface area contributed by atoms with Crippen molar-refractivity contribution in [3.63, 3.8) is 0 Å². The van der Waals surface area contributed by atoms with Crippen LogP contribution in [0.1, 0.15) is 17.5 Å². The fourth-order valence-electron chi connectivity index (χ4n) is 2.30. The van der Waals surface area contributed by atoms with E-state index in [-0.39, 0.29) is 31.6 Å². The molecule has 0 aliphatic carbocycles. The van der Waals surface area contributed by atoms with Gasteiger partial charge in [0.25, 0.3) is 0 Å². The molecule has 1 amide bonds. The molecular formula is C18H18F3NO3. The Morgan fingerprint density at radius 3 is 2.44 bits per heavy atom. The molecule has 7 heteroatoms. The molecule has 0 saturated heterocycles. The number of aliphatic hydroxyl groups is 1. The number of benzene rings is 2. The molecule has 1 atom stereocenters. The van der Waals surface area contributed by atoms with Gasteiger partial charge < -0.3 is 15.2 Å². The summed E-state index contributed by atoms with van der Waals surface area (Å²) in [6.07, 6.45) is -0.742. The Morgan fingerprint density at radius 2 is 1.76 bits per heavy atom. The number of amides is 1. The van der Waals surface area contributed by atoms with E-state index in [0.717, 1.165) is 11.6 Å². The van der Waals surface area contributed by atoms with Gasteiger partial charge in [0.05, 0.1) is 0 Å². The minimum atomic E-state index is -1.28. The number of hydrogen-bond acceptors (Lipinski definition) is 3. The predicted octanol–water partition coefficient (Wildman–Crippen LogP) is 3.32. The minimum Gasteiger partial charge on any atom is -0.445 e. The number of nitrogens with one attached hydrogen (secondary N) is 1. The number of hydrogen-bond donors (Lipinski definition) is 2. The van der Waals surface area contributed by atoms with E-state index in [2.05, 4.69) is 5.32 Å². The van der Waals surface area contributed by atoms with Crippen molar-refractivity contribution in [1.29, 1.82) is 0 Å². The van der Waals surface area contributed by atoms with E-state index in [1.807, 2.05) is 6.07 Å². The fraction of sp³-hybridized carbons (Fsp3) is 0.278. The van der Waals surface area contributed by atoms with Crippen molar-refractivity contribution < 1.29 is 27.8 Å². The third kappa shape index (κ3) is 5.79. The quantitative estimate of drug-likeness (QED) is 0.751. The second-order valence-electron chi connectivity index (χ2n) is 5.48. The van der Waals surface area contributed by atoms with Crippen LogP contribution in [0.3, 0.4) is 0 Å². The second-order valence-corrected chi connectivity index (χ2v) is 5.48. The molecule has 4 nitrogen and oxygen atoms in total. The van der Waals surface area contributed by atoms with Crippen LogP contribution in [0.2, 0.25) is 0 Å². The Hall–Kier alpha value is -2.54. The summed E-state index contributed by atoms with van der Waals surface area (Å²) in [6.45, 7) is -0.215. The summed E-state index contributed by atoms with van der Waals surface area (Å²) in [6, 6.07) is 9.52. The zero-order valence-electron chi connectivity index (χ0n) is 13.3. The monoisotopic (exact) mass is 353 g/mol. The van der Waals surface area contributed by atoms with Crippen LogP contribution in [-0.2, 0) is 17.8 Å². The van der Waals surface area contributed by atoms with Gasteiger partial charge in [-0.05, 0) is 30.0 Å². The number of carbonyl (C=O) groups is 1. The predicted molar refractivity (Wildman–Crippen MR) is 85.3 cm³/mol. The van der Waals surface area contributed by atoms with Crippen molar-refractivity contribution in [2.24, 2.45) is 0 Å². The van der Waals surface area contributed by atoms with Crippen molar-refractivity contribution >= 4 is 6.09 Å². The first kappa shape index (κ1) is 18.8.